The van der Waals surface area contributed by atoms with Gasteiger partial charge in [-0.05, 0) is 31.9 Å². The van der Waals surface area contributed by atoms with Gasteiger partial charge in [0, 0.05) is 12.0 Å². The van der Waals surface area contributed by atoms with Crippen LogP contribution in [0.1, 0.15) is 31.2 Å². The highest BCUT2D eigenvalue weighted by atomic mass is 32.2. The van der Waals surface area contributed by atoms with E-state index in [0.29, 0.717) is 23.3 Å². The van der Waals surface area contributed by atoms with Crippen LogP contribution >= 0.6 is 11.8 Å². The highest BCUT2D eigenvalue weighted by molar-refractivity contribution is 8.00. The van der Waals surface area contributed by atoms with Crippen molar-refractivity contribution in [2.75, 3.05) is 0 Å². The summed E-state index contributed by atoms with van der Waals surface area (Å²) < 4.78 is 5.65. The first-order valence-electron chi connectivity index (χ1n) is 6.82. The lowest BCUT2D eigenvalue weighted by Gasteiger charge is -2.17. The number of carbonyl (C=O) groups is 1. The smallest absolute Gasteiger partial charge is 0.277 e. The largest absolute Gasteiger partial charge is 0.411 e. The van der Waals surface area contributed by atoms with Crippen molar-refractivity contribution in [3.05, 3.63) is 29.8 Å². The Balaban J connectivity index is 1.73. The molecule has 1 aliphatic rings. The summed E-state index contributed by atoms with van der Waals surface area (Å²) in [7, 11) is 0. The number of Topliss-reactive ketones (excluding diaryl/α,β-unsaturated/α-hetero) is 1. The molecule has 1 aromatic carbocycles. The maximum absolute atomic E-state index is 11.8. The molecule has 104 valence electrons. The van der Waals surface area contributed by atoms with Crippen molar-refractivity contribution in [2.45, 2.75) is 43.1 Å². The molecule has 1 unspecified atom stereocenters. The molecule has 0 spiro atoms. The van der Waals surface area contributed by atoms with Gasteiger partial charge in [-0.2, -0.15) is 0 Å². The summed E-state index contributed by atoms with van der Waals surface area (Å²) in [6.45, 7) is 2.04. The molecule has 2 aromatic rings. The van der Waals surface area contributed by atoms with Crippen molar-refractivity contribution in [1.29, 1.82) is 0 Å². The molecule has 1 aliphatic carbocycles. The van der Waals surface area contributed by atoms with Gasteiger partial charge in [0.25, 0.3) is 5.22 Å². The number of aromatic nitrogens is 2. The van der Waals surface area contributed by atoms with E-state index in [-0.39, 0.29) is 5.25 Å². The van der Waals surface area contributed by atoms with E-state index in [1.807, 2.05) is 31.2 Å². The summed E-state index contributed by atoms with van der Waals surface area (Å²) in [5.41, 5.74) is 2.10. The van der Waals surface area contributed by atoms with Crippen LogP contribution in [0.15, 0.2) is 33.9 Å². The summed E-state index contributed by atoms with van der Waals surface area (Å²) in [5.74, 6) is 0.812. The molecule has 5 heteroatoms. The predicted octanol–water partition coefficient (Wildman–Crippen LogP) is 3.65. The molecule has 1 saturated carbocycles. The van der Waals surface area contributed by atoms with Crippen molar-refractivity contribution in [1.82, 2.24) is 10.2 Å². The fourth-order valence-corrected chi connectivity index (χ4v) is 3.26. The number of benzene rings is 1. The second-order valence-electron chi connectivity index (χ2n) is 5.06. The number of nitrogens with zero attached hydrogens (tertiary/aromatic N) is 2. The van der Waals surface area contributed by atoms with Gasteiger partial charge in [-0.15, -0.1) is 10.2 Å². The van der Waals surface area contributed by atoms with E-state index in [0.717, 1.165) is 24.8 Å². The van der Waals surface area contributed by atoms with Crippen LogP contribution in [0.3, 0.4) is 0 Å². The van der Waals surface area contributed by atoms with E-state index >= 15 is 0 Å². The van der Waals surface area contributed by atoms with Crippen LogP contribution in [-0.4, -0.2) is 21.2 Å². The van der Waals surface area contributed by atoms with Gasteiger partial charge in [0.05, 0.1) is 5.25 Å². The highest BCUT2D eigenvalue weighted by Gasteiger charge is 2.25. The number of rotatable bonds is 3. The first kappa shape index (κ1) is 13.4. The van der Waals surface area contributed by atoms with Crippen molar-refractivity contribution < 1.29 is 9.21 Å². The zero-order chi connectivity index (χ0) is 13.9. The average molecular weight is 288 g/mol. The molecular weight excluding hydrogens is 272 g/mol. The SMILES string of the molecule is Cc1ccc(-c2nnc(SC3CCCCC3=O)o2)cc1. The topological polar surface area (TPSA) is 56.0 Å². The molecule has 1 heterocycles. The standard InChI is InChI=1S/C15H16N2O2S/c1-10-6-8-11(9-7-10)14-16-17-15(19-14)20-13-5-3-2-4-12(13)18/h6-9,13H,2-5H2,1H3. The van der Waals surface area contributed by atoms with E-state index in [4.69, 9.17) is 4.42 Å². The normalized spacial score (nSPS) is 19.2. The fourth-order valence-electron chi connectivity index (χ4n) is 2.27. The lowest BCUT2D eigenvalue weighted by molar-refractivity contribution is -0.119. The maximum atomic E-state index is 11.8. The minimum atomic E-state index is -0.0185. The van der Waals surface area contributed by atoms with Crippen LogP contribution in [0.4, 0.5) is 0 Å². The molecule has 4 nitrogen and oxygen atoms in total. The van der Waals surface area contributed by atoms with Crippen LogP contribution in [-0.2, 0) is 4.79 Å². The molecule has 0 bridgehead atoms. The Morgan fingerprint density at radius 3 is 2.75 bits per heavy atom. The third-order valence-corrected chi connectivity index (χ3v) is 4.60. The van der Waals surface area contributed by atoms with Crippen LogP contribution in [0, 0.1) is 6.92 Å². The van der Waals surface area contributed by atoms with Crippen LogP contribution in [0.2, 0.25) is 0 Å². The second kappa shape index (κ2) is 5.79. The summed E-state index contributed by atoms with van der Waals surface area (Å²) in [5, 5.41) is 8.56. The molecule has 1 atom stereocenters. The molecule has 0 saturated heterocycles. The molecule has 3 rings (SSSR count). The van der Waals surface area contributed by atoms with E-state index in [9.17, 15) is 4.79 Å². The number of hydrogen-bond donors (Lipinski definition) is 0. The Labute approximate surface area is 122 Å². The summed E-state index contributed by atoms with van der Waals surface area (Å²) in [6, 6.07) is 7.94. The molecular formula is C15H16N2O2S. The van der Waals surface area contributed by atoms with Crippen molar-refractivity contribution >= 4 is 17.5 Å². The lowest BCUT2D eigenvalue weighted by atomic mass is 9.99. The Bertz CT molecular complexity index is 607. The Morgan fingerprint density at radius 1 is 1.20 bits per heavy atom. The van der Waals surface area contributed by atoms with Gasteiger partial charge in [-0.1, -0.05) is 35.9 Å². The average Bonchev–Trinajstić information content (AvgIpc) is 2.91. The Hall–Kier alpha value is -1.62. The Morgan fingerprint density at radius 2 is 2.00 bits per heavy atom. The fraction of sp³-hybridized carbons (Fsp3) is 0.400. The monoisotopic (exact) mass is 288 g/mol. The van der Waals surface area contributed by atoms with Gasteiger partial charge in [-0.3, -0.25) is 4.79 Å². The maximum Gasteiger partial charge on any atom is 0.277 e. The number of carbonyl (C=O) groups excluding carboxylic acids is 1. The number of thioether (sulfide) groups is 1. The van der Waals surface area contributed by atoms with Crippen LogP contribution in [0.5, 0.6) is 0 Å². The zero-order valence-electron chi connectivity index (χ0n) is 11.3. The minimum absolute atomic E-state index is 0.0185. The third-order valence-electron chi connectivity index (χ3n) is 3.45. The van der Waals surface area contributed by atoms with Crippen LogP contribution in [0.25, 0.3) is 11.5 Å². The van der Waals surface area contributed by atoms with E-state index < -0.39 is 0 Å². The summed E-state index contributed by atoms with van der Waals surface area (Å²) in [6.07, 6.45) is 3.69. The molecule has 0 aliphatic heterocycles. The van der Waals surface area contributed by atoms with Gasteiger partial charge in [0.2, 0.25) is 5.89 Å². The second-order valence-corrected chi connectivity index (χ2v) is 6.21. The third kappa shape index (κ3) is 2.93. The molecule has 0 N–H and O–H groups in total. The molecule has 1 aromatic heterocycles. The van der Waals surface area contributed by atoms with E-state index in [1.165, 1.54) is 17.3 Å². The number of aryl methyl sites for hydroxylation is 1. The first-order valence-corrected chi connectivity index (χ1v) is 7.70. The van der Waals surface area contributed by atoms with Crippen molar-refractivity contribution in [3.8, 4) is 11.5 Å². The number of hydrogen-bond acceptors (Lipinski definition) is 5. The van der Waals surface area contributed by atoms with Gasteiger partial charge in [-0.25, -0.2) is 0 Å². The van der Waals surface area contributed by atoms with Gasteiger partial charge in [0.15, 0.2) is 0 Å². The van der Waals surface area contributed by atoms with E-state index in [2.05, 4.69) is 10.2 Å². The molecule has 20 heavy (non-hydrogen) atoms. The highest BCUT2D eigenvalue weighted by Crippen LogP contribution is 2.32. The van der Waals surface area contributed by atoms with Crippen LogP contribution < -0.4 is 0 Å². The minimum Gasteiger partial charge on any atom is -0.411 e. The zero-order valence-corrected chi connectivity index (χ0v) is 12.2. The first-order chi connectivity index (χ1) is 9.72. The summed E-state index contributed by atoms with van der Waals surface area (Å²) in [4.78, 5) is 11.8. The summed E-state index contributed by atoms with van der Waals surface area (Å²) >= 11 is 1.40. The predicted molar refractivity (Wildman–Crippen MR) is 77.6 cm³/mol. The Kier molecular flexibility index (Phi) is 3.87. The quantitative estimate of drug-likeness (QED) is 0.863. The van der Waals surface area contributed by atoms with Gasteiger partial charge in [0.1, 0.15) is 5.78 Å². The van der Waals surface area contributed by atoms with Gasteiger partial charge >= 0.3 is 0 Å². The number of ketones is 1. The molecule has 1 fully saturated rings. The molecule has 0 radical (unpaired) electrons. The van der Waals surface area contributed by atoms with Crippen molar-refractivity contribution in [2.24, 2.45) is 0 Å². The van der Waals surface area contributed by atoms with E-state index in [1.54, 1.807) is 0 Å². The van der Waals surface area contributed by atoms with Gasteiger partial charge < -0.3 is 4.42 Å². The van der Waals surface area contributed by atoms with Crippen molar-refractivity contribution in [3.63, 3.8) is 0 Å². The lowest BCUT2D eigenvalue weighted by Crippen LogP contribution is -2.21. The molecule has 0 amide bonds.